The molecule has 0 aromatic heterocycles. The quantitative estimate of drug-likeness (QED) is 0.579. The van der Waals surface area contributed by atoms with Gasteiger partial charge < -0.3 is 15.0 Å². The summed E-state index contributed by atoms with van der Waals surface area (Å²) in [5, 5.41) is 2.59. The third-order valence-corrected chi connectivity index (χ3v) is 4.84. The molecule has 6 heteroatoms. The van der Waals surface area contributed by atoms with E-state index >= 15 is 0 Å². The number of nitrogens with zero attached hydrogens (tertiary/aromatic N) is 1. The molecule has 0 aliphatic rings. The summed E-state index contributed by atoms with van der Waals surface area (Å²) in [6.07, 6.45) is 0. The van der Waals surface area contributed by atoms with Gasteiger partial charge in [0, 0.05) is 30.7 Å². The van der Waals surface area contributed by atoms with E-state index in [1.54, 1.807) is 43.3 Å². The van der Waals surface area contributed by atoms with Crippen molar-refractivity contribution in [3.8, 4) is 11.5 Å². The molecule has 0 atom stereocenters. The molecule has 29 heavy (non-hydrogen) atoms. The van der Waals surface area contributed by atoms with Crippen LogP contribution in [0.3, 0.4) is 0 Å². The molecule has 148 valence electrons. The molecule has 0 fully saturated rings. The molecule has 3 aromatic rings. The van der Waals surface area contributed by atoms with Gasteiger partial charge in [-0.2, -0.15) is 0 Å². The lowest BCUT2D eigenvalue weighted by atomic mass is 10.1. The Hall–Kier alpha value is -3.12. The number of ether oxygens (including phenoxy) is 1. The molecule has 0 heterocycles. The number of nitrogens with one attached hydrogen (secondary N) is 1. The average Bonchev–Trinajstić information content (AvgIpc) is 2.73. The van der Waals surface area contributed by atoms with E-state index in [2.05, 4.69) is 21.2 Å². The molecule has 3 aromatic carbocycles. The maximum Gasteiger partial charge on any atom is 0.257 e. The van der Waals surface area contributed by atoms with Crippen LogP contribution in [0.5, 0.6) is 11.5 Å². The van der Waals surface area contributed by atoms with Gasteiger partial charge in [-0.05, 0) is 48.0 Å². The van der Waals surface area contributed by atoms with Gasteiger partial charge in [-0.3, -0.25) is 9.59 Å². The Bertz CT molecular complexity index is 1020. The Balaban J connectivity index is 1.75. The van der Waals surface area contributed by atoms with Crippen LogP contribution in [0.2, 0.25) is 0 Å². The number of rotatable bonds is 6. The van der Waals surface area contributed by atoms with E-state index in [1.807, 2.05) is 48.5 Å². The smallest absolute Gasteiger partial charge is 0.257 e. The van der Waals surface area contributed by atoms with Crippen LogP contribution in [0.1, 0.15) is 26.3 Å². The molecule has 0 radical (unpaired) electrons. The van der Waals surface area contributed by atoms with E-state index in [1.165, 1.54) is 0 Å². The molecule has 0 bridgehead atoms. The molecule has 2 amide bonds. The lowest BCUT2D eigenvalue weighted by Crippen LogP contribution is -2.26. The topological polar surface area (TPSA) is 58.6 Å². The van der Waals surface area contributed by atoms with Gasteiger partial charge in [0.05, 0.1) is 5.56 Å². The largest absolute Gasteiger partial charge is 0.456 e. The summed E-state index contributed by atoms with van der Waals surface area (Å²) < 4.78 is 6.84. The third kappa shape index (κ3) is 5.23. The fraction of sp³-hybridized carbons (Fsp3) is 0.130. The van der Waals surface area contributed by atoms with E-state index in [9.17, 15) is 9.59 Å². The number of hydrogen-bond donors (Lipinski definition) is 1. The highest BCUT2D eigenvalue weighted by atomic mass is 79.9. The lowest BCUT2D eigenvalue weighted by molar-refractivity contribution is 0.0782. The summed E-state index contributed by atoms with van der Waals surface area (Å²) in [6.45, 7) is 0.415. The van der Waals surface area contributed by atoms with Gasteiger partial charge in [0.15, 0.2) is 0 Å². The minimum absolute atomic E-state index is 0.139. The zero-order valence-electron chi connectivity index (χ0n) is 16.2. The van der Waals surface area contributed by atoms with E-state index in [0.29, 0.717) is 29.2 Å². The van der Waals surface area contributed by atoms with Gasteiger partial charge in [-0.15, -0.1) is 0 Å². The van der Waals surface area contributed by atoms with Crippen molar-refractivity contribution in [3.63, 3.8) is 0 Å². The number of halogens is 1. The van der Waals surface area contributed by atoms with Gasteiger partial charge in [0.25, 0.3) is 11.8 Å². The maximum absolute atomic E-state index is 13.0. The van der Waals surface area contributed by atoms with Gasteiger partial charge >= 0.3 is 0 Å². The predicted octanol–water partition coefficient (Wildman–Crippen LogP) is 4.87. The van der Waals surface area contributed by atoms with E-state index < -0.39 is 0 Å². The lowest BCUT2D eigenvalue weighted by Gasteiger charge is -2.19. The van der Waals surface area contributed by atoms with Crippen LogP contribution in [0, 0.1) is 0 Å². The van der Waals surface area contributed by atoms with E-state index in [4.69, 9.17) is 4.74 Å². The molecule has 3 rings (SSSR count). The maximum atomic E-state index is 13.0. The zero-order valence-corrected chi connectivity index (χ0v) is 17.8. The van der Waals surface area contributed by atoms with Crippen molar-refractivity contribution in [3.05, 3.63) is 94.0 Å². The second-order valence-electron chi connectivity index (χ2n) is 6.49. The summed E-state index contributed by atoms with van der Waals surface area (Å²) in [5.41, 5.74) is 1.99. The van der Waals surface area contributed by atoms with Gasteiger partial charge in [-0.25, -0.2) is 0 Å². The standard InChI is InChI=1S/C23H21BrN2O3/c1-25-22(27)17-12-10-16(11-13-17)15-26(2)23(28)20-8-3-4-9-21(20)29-19-7-5-6-18(24)14-19/h3-14H,15H2,1-2H3,(H,25,27). The van der Waals surface area contributed by atoms with Crippen molar-refractivity contribution < 1.29 is 14.3 Å². The van der Waals surface area contributed by atoms with Crippen molar-refractivity contribution in [1.82, 2.24) is 10.2 Å². The van der Waals surface area contributed by atoms with Crippen molar-refractivity contribution >= 4 is 27.7 Å². The second-order valence-corrected chi connectivity index (χ2v) is 7.41. The SMILES string of the molecule is CNC(=O)c1ccc(CN(C)C(=O)c2ccccc2Oc2cccc(Br)c2)cc1. The van der Waals surface area contributed by atoms with Crippen LogP contribution in [0.4, 0.5) is 0 Å². The van der Waals surface area contributed by atoms with Gasteiger partial charge in [0.1, 0.15) is 11.5 Å². The van der Waals surface area contributed by atoms with E-state index in [0.717, 1.165) is 10.0 Å². The minimum atomic E-state index is -0.147. The number of amides is 2. The van der Waals surface area contributed by atoms with Crippen molar-refractivity contribution in [2.24, 2.45) is 0 Å². The van der Waals surface area contributed by atoms with Crippen LogP contribution < -0.4 is 10.1 Å². The second kappa shape index (κ2) is 9.39. The first-order valence-corrected chi connectivity index (χ1v) is 9.86. The Morgan fingerprint density at radius 1 is 1.00 bits per heavy atom. The number of hydrogen-bond acceptors (Lipinski definition) is 3. The Morgan fingerprint density at radius 3 is 2.41 bits per heavy atom. The molecular formula is C23H21BrN2O3. The molecule has 5 nitrogen and oxygen atoms in total. The molecule has 1 N–H and O–H groups in total. The Labute approximate surface area is 178 Å². The fourth-order valence-corrected chi connectivity index (χ4v) is 3.23. The summed E-state index contributed by atoms with van der Waals surface area (Å²) in [6, 6.07) is 21.8. The van der Waals surface area contributed by atoms with Crippen molar-refractivity contribution in [2.75, 3.05) is 14.1 Å². The molecule has 0 spiro atoms. The minimum Gasteiger partial charge on any atom is -0.456 e. The number of carbonyl (C=O) groups excluding carboxylic acids is 2. The first-order chi connectivity index (χ1) is 14.0. The molecular weight excluding hydrogens is 432 g/mol. The monoisotopic (exact) mass is 452 g/mol. The van der Waals surface area contributed by atoms with Crippen molar-refractivity contribution in [1.29, 1.82) is 0 Å². The highest BCUT2D eigenvalue weighted by Gasteiger charge is 2.17. The average molecular weight is 453 g/mol. The van der Waals surface area contributed by atoms with Gasteiger partial charge in [-0.1, -0.05) is 46.3 Å². The summed E-state index contributed by atoms with van der Waals surface area (Å²) in [4.78, 5) is 26.3. The molecule has 0 saturated heterocycles. The molecule has 0 unspecified atom stereocenters. The van der Waals surface area contributed by atoms with Crippen LogP contribution in [-0.2, 0) is 6.54 Å². The molecule has 0 aliphatic heterocycles. The van der Waals surface area contributed by atoms with Gasteiger partial charge in [0.2, 0.25) is 0 Å². The fourth-order valence-electron chi connectivity index (χ4n) is 2.85. The highest BCUT2D eigenvalue weighted by Crippen LogP contribution is 2.28. The normalized spacial score (nSPS) is 10.3. The zero-order chi connectivity index (χ0) is 20.8. The van der Waals surface area contributed by atoms with Crippen LogP contribution >= 0.6 is 15.9 Å². The number of benzene rings is 3. The molecule has 0 saturated carbocycles. The van der Waals surface area contributed by atoms with E-state index in [-0.39, 0.29) is 11.8 Å². The van der Waals surface area contributed by atoms with Crippen LogP contribution in [0.15, 0.2) is 77.3 Å². The molecule has 0 aliphatic carbocycles. The Kier molecular flexibility index (Phi) is 6.67. The first-order valence-electron chi connectivity index (χ1n) is 9.07. The number of carbonyl (C=O) groups is 2. The Morgan fingerprint density at radius 2 is 1.72 bits per heavy atom. The summed E-state index contributed by atoms with van der Waals surface area (Å²) in [7, 11) is 3.33. The van der Waals surface area contributed by atoms with Crippen LogP contribution in [-0.4, -0.2) is 30.8 Å². The third-order valence-electron chi connectivity index (χ3n) is 4.35. The highest BCUT2D eigenvalue weighted by molar-refractivity contribution is 9.10. The summed E-state index contributed by atoms with van der Waals surface area (Å²) >= 11 is 3.42. The predicted molar refractivity (Wildman–Crippen MR) is 116 cm³/mol. The van der Waals surface area contributed by atoms with Crippen LogP contribution in [0.25, 0.3) is 0 Å². The van der Waals surface area contributed by atoms with Crippen molar-refractivity contribution in [2.45, 2.75) is 6.54 Å². The number of para-hydroxylation sites is 1. The summed E-state index contributed by atoms with van der Waals surface area (Å²) in [5.74, 6) is 0.857. The first kappa shape index (κ1) is 20.6.